The van der Waals surface area contributed by atoms with Gasteiger partial charge in [-0.05, 0) is 24.6 Å². The number of hydrogen-bond acceptors (Lipinski definition) is 2. The first-order valence-corrected chi connectivity index (χ1v) is 6.19. The molecule has 0 heterocycles. The van der Waals surface area contributed by atoms with E-state index in [1.165, 1.54) is 0 Å². The summed E-state index contributed by atoms with van der Waals surface area (Å²) in [6.45, 7) is 2.32. The fourth-order valence-electron chi connectivity index (χ4n) is 1.08. The minimum atomic E-state index is -0.563. The van der Waals surface area contributed by atoms with Crippen LogP contribution in [0.4, 0.5) is 5.69 Å². The summed E-state index contributed by atoms with van der Waals surface area (Å²) < 4.78 is 0.968. The van der Waals surface area contributed by atoms with Crippen LogP contribution in [0.25, 0.3) is 0 Å². The van der Waals surface area contributed by atoms with Crippen molar-refractivity contribution in [2.45, 2.75) is 13.0 Å². The van der Waals surface area contributed by atoms with Crippen LogP contribution in [0.1, 0.15) is 5.56 Å². The number of alkyl halides is 1. The molecule has 0 saturated carbocycles. The first-order chi connectivity index (χ1) is 7.06. The Bertz CT molecular complexity index is 346. The molecule has 0 spiro atoms. The van der Waals surface area contributed by atoms with E-state index in [2.05, 4.69) is 21.2 Å². The van der Waals surface area contributed by atoms with Crippen LogP contribution >= 0.6 is 39.1 Å². The Morgan fingerprint density at radius 1 is 1.53 bits per heavy atom. The molecule has 5 heteroatoms. The molecule has 0 aliphatic rings. The van der Waals surface area contributed by atoms with Gasteiger partial charge in [-0.25, -0.2) is 0 Å². The van der Waals surface area contributed by atoms with Crippen molar-refractivity contribution in [1.82, 2.24) is 0 Å². The van der Waals surface area contributed by atoms with Gasteiger partial charge in [-0.1, -0.05) is 27.5 Å². The van der Waals surface area contributed by atoms with Gasteiger partial charge in [0.15, 0.2) is 0 Å². The summed E-state index contributed by atoms with van der Waals surface area (Å²) in [5.74, 6) is 0.208. The fraction of sp³-hybridized carbons (Fsp3) is 0.400. The van der Waals surface area contributed by atoms with Gasteiger partial charge in [0.25, 0.3) is 0 Å². The zero-order chi connectivity index (χ0) is 11.4. The average molecular weight is 313 g/mol. The zero-order valence-corrected chi connectivity index (χ0v) is 11.3. The summed E-state index contributed by atoms with van der Waals surface area (Å²) >= 11 is 15.0. The highest BCUT2D eigenvalue weighted by Gasteiger charge is 2.07. The Labute approximate surface area is 108 Å². The molecule has 0 aliphatic carbocycles. The lowest BCUT2D eigenvalue weighted by Gasteiger charge is -2.13. The number of anilines is 1. The second kappa shape index (κ2) is 5.94. The number of halogens is 3. The molecule has 1 atom stereocenters. The van der Waals surface area contributed by atoms with E-state index in [1.807, 2.05) is 19.1 Å². The maximum atomic E-state index is 9.29. The van der Waals surface area contributed by atoms with Crippen LogP contribution in [0.3, 0.4) is 0 Å². The lowest BCUT2D eigenvalue weighted by Crippen LogP contribution is -2.20. The van der Waals surface area contributed by atoms with E-state index < -0.39 is 6.10 Å². The second-order valence-electron chi connectivity index (χ2n) is 3.22. The molecule has 0 aliphatic heterocycles. The van der Waals surface area contributed by atoms with Crippen LogP contribution in [-0.2, 0) is 0 Å². The number of aliphatic hydroxyl groups is 1. The molecule has 0 radical (unpaired) electrons. The predicted molar refractivity (Wildman–Crippen MR) is 69.1 cm³/mol. The van der Waals surface area contributed by atoms with E-state index in [1.54, 1.807) is 0 Å². The minimum absolute atomic E-state index is 0.208. The Kier molecular flexibility index (Phi) is 5.19. The molecular weight excluding hydrogens is 301 g/mol. The Morgan fingerprint density at radius 3 is 2.80 bits per heavy atom. The largest absolute Gasteiger partial charge is 0.390 e. The molecule has 0 saturated heterocycles. The SMILES string of the molecule is Cc1c(Br)ccc(NCC(O)CCl)c1Cl. The lowest BCUT2D eigenvalue weighted by atomic mass is 10.2. The fourth-order valence-corrected chi connectivity index (χ4v) is 1.87. The molecule has 1 aromatic carbocycles. The van der Waals surface area contributed by atoms with Crippen molar-refractivity contribution < 1.29 is 5.11 Å². The summed E-state index contributed by atoms with van der Waals surface area (Å²) in [7, 11) is 0. The van der Waals surface area contributed by atoms with Crippen LogP contribution in [0.5, 0.6) is 0 Å². The molecule has 2 nitrogen and oxygen atoms in total. The molecule has 15 heavy (non-hydrogen) atoms. The van der Waals surface area contributed by atoms with Gasteiger partial charge >= 0.3 is 0 Å². The highest BCUT2D eigenvalue weighted by molar-refractivity contribution is 9.10. The van der Waals surface area contributed by atoms with E-state index in [4.69, 9.17) is 23.2 Å². The summed E-state index contributed by atoms with van der Waals surface area (Å²) in [4.78, 5) is 0. The van der Waals surface area contributed by atoms with Crippen molar-refractivity contribution in [2.75, 3.05) is 17.7 Å². The Morgan fingerprint density at radius 2 is 2.20 bits per heavy atom. The third-order valence-corrected chi connectivity index (χ3v) is 3.73. The van der Waals surface area contributed by atoms with E-state index >= 15 is 0 Å². The van der Waals surface area contributed by atoms with Gasteiger partial charge in [0.1, 0.15) is 0 Å². The number of aliphatic hydroxyl groups excluding tert-OH is 1. The van der Waals surface area contributed by atoms with Crippen LogP contribution in [0, 0.1) is 6.92 Å². The normalized spacial score (nSPS) is 12.6. The summed E-state index contributed by atoms with van der Waals surface area (Å²) in [5.41, 5.74) is 1.78. The summed E-state index contributed by atoms with van der Waals surface area (Å²) in [6.07, 6.45) is -0.563. The predicted octanol–water partition coefficient (Wildman–Crippen LogP) is 3.42. The van der Waals surface area contributed by atoms with Crippen molar-refractivity contribution in [3.05, 3.63) is 27.2 Å². The van der Waals surface area contributed by atoms with Gasteiger partial charge < -0.3 is 10.4 Å². The van der Waals surface area contributed by atoms with Crippen molar-refractivity contribution in [1.29, 1.82) is 0 Å². The maximum absolute atomic E-state index is 9.29. The Hall–Kier alpha value is 0.0400. The van der Waals surface area contributed by atoms with Crippen molar-refractivity contribution in [2.24, 2.45) is 0 Å². The van der Waals surface area contributed by atoms with E-state index in [-0.39, 0.29) is 5.88 Å². The molecule has 84 valence electrons. The molecule has 1 unspecified atom stereocenters. The van der Waals surface area contributed by atoms with Crippen molar-refractivity contribution >= 4 is 44.8 Å². The van der Waals surface area contributed by atoms with Gasteiger partial charge in [-0.2, -0.15) is 0 Å². The monoisotopic (exact) mass is 311 g/mol. The second-order valence-corrected chi connectivity index (χ2v) is 4.76. The number of benzene rings is 1. The van der Waals surface area contributed by atoms with Gasteiger partial charge in [0, 0.05) is 11.0 Å². The van der Waals surface area contributed by atoms with Crippen LogP contribution < -0.4 is 5.32 Å². The first kappa shape index (κ1) is 13.1. The highest BCUT2D eigenvalue weighted by atomic mass is 79.9. The average Bonchev–Trinajstić information content (AvgIpc) is 2.24. The van der Waals surface area contributed by atoms with Crippen molar-refractivity contribution in [3.63, 3.8) is 0 Å². The van der Waals surface area contributed by atoms with E-state index in [9.17, 15) is 5.11 Å². The van der Waals surface area contributed by atoms with E-state index in [0.29, 0.717) is 11.6 Å². The molecule has 1 aromatic rings. The zero-order valence-electron chi connectivity index (χ0n) is 8.23. The van der Waals surface area contributed by atoms with Crippen LogP contribution in [-0.4, -0.2) is 23.6 Å². The van der Waals surface area contributed by atoms with Crippen LogP contribution in [0.2, 0.25) is 5.02 Å². The van der Waals surface area contributed by atoms with Gasteiger partial charge in [-0.3, -0.25) is 0 Å². The topological polar surface area (TPSA) is 32.3 Å². The third kappa shape index (κ3) is 3.52. The summed E-state index contributed by atoms with van der Waals surface area (Å²) in [5, 5.41) is 13.0. The van der Waals surface area contributed by atoms with E-state index in [0.717, 1.165) is 15.7 Å². The maximum Gasteiger partial charge on any atom is 0.0847 e. The highest BCUT2D eigenvalue weighted by Crippen LogP contribution is 2.30. The standard InChI is InChI=1S/C10H12BrCl2NO/c1-6-8(11)2-3-9(10(6)13)14-5-7(15)4-12/h2-3,7,14-15H,4-5H2,1H3. The van der Waals surface area contributed by atoms with Crippen molar-refractivity contribution in [3.8, 4) is 0 Å². The first-order valence-electron chi connectivity index (χ1n) is 4.48. The molecule has 0 amide bonds. The molecular formula is C10H12BrCl2NO. The quantitative estimate of drug-likeness (QED) is 0.835. The molecule has 0 bridgehead atoms. The van der Waals surface area contributed by atoms with Gasteiger partial charge in [-0.15, -0.1) is 11.6 Å². The Balaban J connectivity index is 2.74. The van der Waals surface area contributed by atoms with Crippen LogP contribution in [0.15, 0.2) is 16.6 Å². The summed E-state index contributed by atoms with van der Waals surface area (Å²) in [6, 6.07) is 3.77. The molecule has 0 fully saturated rings. The third-order valence-electron chi connectivity index (χ3n) is 2.03. The lowest BCUT2D eigenvalue weighted by molar-refractivity contribution is 0.211. The number of hydrogen-bond donors (Lipinski definition) is 2. The molecule has 1 rings (SSSR count). The smallest absolute Gasteiger partial charge is 0.0847 e. The van der Waals surface area contributed by atoms with Gasteiger partial charge in [0.05, 0.1) is 22.7 Å². The molecule has 0 aromatic heterocycles. The molecule has 2 N–H and O–H groups in total. The minimum Gasteiger partial charge on any atom is -0.390 e. The number of nitrogens with one attached hydrogen (secondary N) is 1. The number of rotatable bonds is 4. The van der Waals surface area contributed by atoms with Gasteiger partial charge in [0.2, 0.25) is 0 Å².